The van der Waals surface area contributed by atoms with Crippen molar-refractivity contribution in [3.63, 3.8) is 0 Å². The monoisotopic (exact) mass is 317 g/mol. The van der Waals surface area contributed by atoms with Gasteiger partial charge in [0.1, 0.15) is 0 Å². The van der Waals surface area contributed by atoms with Crippen LogP contribution in [0.4, 0.5) is 0 Å². The standard InChI is InChI=1S/C13H19NO4S2/c1-9-5-6-10(7-11(9)12(15)16)20(17,18)14-8-13(2,3)19-4/h5-7,14H,8H2,1-4H3,(H,15,16). The van der Waals surface area contributed by atoms with Crippen LogP contribution in [0.2, 0.25) is 0 Å². The summed E-state index contributed by atoms with van der Waals surface area (Å²) in [5, 5.41) is 9.03. The van der Waals surface area contributed by atoms with Gasteiger partial charge in [-0.2, -0.15) is 11.8 Å². The second kappa shape index (κ2) is 6.15. The number of rotatable bonds is 6. The van der Waals surface area contributed by atoms with Crippen LogP contribution in [0.1, 0.15) is 29.8 Å². The van der Waals surface area contributed by atoms with Crippen LogP contribution >= 0.6 is 11.8 Å². The minimum Gasteiger partial charge on any atom is -0.478 e. The maximum Gasteiger partial charge on any atom is 0.335 e. The van der Waals surface area contributed by atoms with Gasteiger partial charge in [0.05, 0.1) is 10.5 Å². The first-order valence-electron chi connectivity index (χ1n) is 5.98. The van der Waals surface area contributed by atoms with E-state index in [1.54, 1.807) is 18.7 Å². The summed E-state index contributed by atoms with van der Waals surface area (Å²) in [5.41, 5.74) is 0.526. The van der Waals surface area contributed by atoms with Crippen LogP contribution in [0.25, 0.3) is 0 Å². The molecule has 0 saturated heterocycles. The van der Waals surface area contributed by atoms with Crippen molar-refractivity contribution in [3.8, 4) is 0 Å². The number of aromatic carboxylic acids is 1. The van der Waals surface area contributed by atoms with Crippen molar-refractivity contribution in [2.24, 2.45) is 0 Å². The number of nitrogens with one attached hydrogen (secondary N) is 1. The molecule has 0 saturated carbocycles. The van der Waals surface area contributed by atoms with E-state index < -0.39 is 16.0 Å². The van der Waals surface area contributed by atoms with Gasteiger partial charge < -0.3 is 5.11 Å². The summed E-state index contributed by atoms with van der Waals surface area (Å²) in [6, 6.07) is 4.10. The number of carbonyl (C=O) groups is 1. The minimum atomic E-state index is -3.70. The third-order valence-corrected chi connectivity index (χ3v) is 5.64. The molecule has 1 aromatic rings. The number of carboxylic acid groups (broad SMARTS) is 1. The molecule has 0 fully saturated rings. The maximum atomic E-state index is 12.2. The van der Waals surface area contributed by atoms with Crippen molar-refractivity contribution >= 4 is 27.8 Å². The molecule has 0 amide bonds. The van der Waals surface area contributed by atoms with Crippen molar-refractivity contribution in [2.75, 3.05) is 12.8 Å². The van der Waals surface area contributed by atoms with Crippen LogP contribution < -0.4 is 4.72 Å². The van der Waals surface area contributed by atoms with Crippen molar-refractivity contribution in [2.45, 2.75) is 30.4 Å². The molecule has 1 aromatic carbocycles. The second-order valence-corrected chi connectivity index (χ2v) is 8.35. The predicted molar refractivity (Wildman–Crippen MR) is 80.9 cm³/mol. The third-order valence-electron chi connectivity index (χ3n) is 2.99. The Kier molecular flexibility index (Phi) is 5.23. The van der Waals surface area contributed by atoms with Crippen LogP contribution in [0.15, 0.2) is 23.1 Å². The molecule has 0 aliphatic rings. The summed E-state index contributed by atoms with van der Waals surface area (Å²) >= 11 is 1.55. The van der Waals surface area contributed by atoms with E-state index >= 15 is 0 Å². The molecule has 0 heterocycles. The Morgan fingerprint density at radius 2 is 2.00 bits per heavy atom. The highest BCUT2D eigenvalue weighted by molar-refractivity contribution is 8.00. The van der Waals surface area contributed by atoms with Gasteiger partial charge in [0.2, 0.25) is 10.0 Å². The maximum absolute atomic E-state index is 12.2. The molecule has 0 spiro atoms. The molecule has 5 nitrogen and oxygen atoms in total. The first kappa shape index (κ1) is 17.0. The van der Waals surface area contributed by atoms with Crippen molar-refractivity contribution < 1.29 is 18.3 Å². The SMILES string of the molecule is CSC(C)(C)CNS(=O)(=O)c1ccc(C)c(C(=O)O)c1. The molecular weight excluding hydrogens is 298 g/mol. The Morgan fingerprint density at radius 1 is 1.40 bits per heavy atom. The fourth-order valence-electron chi connectivity index (χ4n) is 1.42. The van der Waals surface area contributed by atoms with E-state index in [-0.39, 0.29) is 21.8 Å². The highest BCUT2D eigenvalue weighted by Crippen LogP contribution is 2.21. The first-order valence-corrected chi connectivity index (χ1v) is 8.68. The van der Waals surface area contributed by atoms with Crippen molar-refractivity contribution in [1.29, 1.82) is 0 Å². The summed E-state index contributed by atoms with van der Waals surface area (Å²) < 4.78 is 26.6. The number of sulfonamides is 1. The molecule has 7 heteroatoms. The van der Waals surface area contributed by atoms with Gasteiger partial charge in [-0.1, -0.05) is 6.07 Å². The number of thioether (sulfide) groups is 1. The summed E-state index contributed by atoms with van der Waals surface area (Å²) in [7, 11) is -3.70. The minimum absolute atomic E-state index is 0.00278. The zero-order chi connectivity index (χ0) is 15.6. The Morgan fingerprint density at radius 3 is 2.50 bits per heavy atom. The molecule has 0 aromatic heterocycles. The van der Waals surface area contributed by atoms with E-state index in [9.17, 15) is 13.2 Å². The first-order chi connectivity index (χ1) is 9.09. The average Bonchev–Trinajstić information content (AvgIpc) is 2.36. The summed E-state index contributed by atoms with van der Waals surface area (Å²) in [6.45, 7) is 5.76. The van der Waals surface area contributed by atoms with Crippen molar-refractivity contribution in [1.82, 2.24) is 4.72 Å². The Bertz CT molecular complexity index is 609. The Balaban J connectivity index is 3.05. The van der Waals surface area contributed by atoms with Crippen LogP contribution in [-0.4, -0.2) is 37.0 Å². The molecule has 1 rings (SSSR count). The Labute approximate surface area is 123 Å². The number of aryl methyl sites for hydroxylation is 1. The van der Waals surface area contributed by atoms with E-state index in [2.05, 4.69) is 4.72 Å². The van der Waals surface area contributed by atoms with Crippen LogP contribution in [0, 0.1) is 6.92 Å². The summed E-state index contributed by atoms with van der Waals surface area (Å²) in [5.74, 6) is -1.14. The smallest absolute Gasteiger partial charge is 0.335 e. The predicted octanol–water partition coefficient (Wildman–Crippen LogP) is 2.11. The normalized spacial score (nSPS) is 12.4. The van der Waals surface area contributed by atoms with Gasteiger partial charge in [0.25, 0.3) is 0 Å². The zero-order valence-electron chi connectivity index (χ0n) is 11.9. The number of benzene rings is 1. The van der Waals surface area contributed by atoms with Crippen LogP contribution in [0.3, 0.4) is 0 Å². The average molecular weight is 317 g/mol. The fourth-order valence-corrected chi connectivity index (χ4v) is 2.97. The fraction of sp³-hybridized carbons (Fsp3) is 0.462. The zero-order valence-corrected chi connectivity index (χ0v) is 13.6. The summed E-state index contributed by atoms with van der Waals surface area (Å²) in [6.07, 6.45) is 1.91. The third kappa shape index (κ3) is 4.22. The lowest BCUT2D eigenvalue weighted by molar-refractivity contribution is 0.0696. The van der Waals surface area contributed by atoms with Gasteiger partial charge in [0.15, 0.2) is 0 Å². The number of hydrogen-bond donors (Lipinski definition) is 2. The Hall–Kier alpha value is -1.05. The molecule has 0 aliphatic carbocycles. The van der Waals surface area contributed by atoms with E-state index in [1.807, 2.05) is 20.1 Å². The molecule has 20 heavy (non-hydrogen) atoms. The van der Waals surface area contributed by atoms with E-state index in [1.165, 1.54) is 18.2 Å². The van der Waals surface area contributed by atoms with Crippen LogP contribution in [0.5, 0.6) is 0 Å². The second-order valence-electron chi connectivity index (χ2n) is 5.07. The molecule has 0 atom stereocenters. The van der Waals surface area contributed by atoms with E-state index in [0.717, 1.165) is 0 Å². The largest absolute Gasteiger partial charge is 0.478 e. The summed E-state index contributed by atoms with van der Waals surface area (Å²) in [4.78, 5) is 11.0. The quantitative estimate of drug-likeness (QED) is 0.839. The van der Waals surface area contributed by atoms with Crippen molar-refractivity contribution in [3.05, 3.63) is 29.3 Å². The lowest BCUT2D eigenvalue weighted by Gasteiger charge is -2.22. The molecule has 112 valence electrons. The van der Waals surface area contributed by atoms with Crippen LogP contribution in [-0.2, 0) is 10.0 Å². The van der Waals surface area contributed by atoms with Gasteiger partial charge in [-0.05, 0) is 44.7 Å². The molecule has 0 aliphatic heterocycles. The highest BCUT2D eigenvalue weighted by atomic mass is 32.2. The lowest BCUT2D eigenvalue weighted by atomic mass is 10.1. The lowest BCUT2D eigenvalue weighted by Crippen LogP contribution is -2.36. The van der Waals surface area contributed by atoms with E-state index in [4.69, 9.17) is 5.11 Å². The number of carboxylic acids is 1. The highest BCUT2D eigenvalue weighted by Gasteiger charge is 2.22. The van der Waals surface area contributed by atoms with Gasteiger partial charge in [-0.3, -0.25) is 0 Å². The van der Waals surface area contributed by atoms with Gasteiger partial charge in [-0.15, -0.1) is 0 Å². The topological polar surface area (TPSA) is 83.5 Å². The van der Waals surface area contributed by atoms with Gasteiger partial charge in [-0.25, -0.2) is 17.9 Å². The molecule has 0 radical (unpaired) electrons. The molecule has 0 unspecified atom stereocenters. The van der Waals surface area contributed by atoms with Gasteiger partial charge in [0, 0.05) is 11.3 Å². The molecule has 0 bridgehead atoms. The van der Waals surface area contributed by atoms with Gasteiger partial charge >= 0.3 is 5.97 Å². The molecular formula is C13H19NO4S2. The molecule has 2 N–H and O–H groups in total. The van der Waals surface area contributed by atoms with E-state index in [0.29, 0.717) is 5.56 Å². The number of hydrogen-bond acceptors (Lipinski definition) is 4.